The van der Waals surface area contributed by atoms with Gasteiger partial charge in [-0.1, -0.05) is 48.5 Å². The maximum absolute atomic E-state index is 12.8. The van der Waals surface area contributed by atoms with E-state index in [9.17, 15) is 9.59 Å². The quantitative estimate of drug-likeness (QED) is 0.511. The number of para-hydroxylation sites is 2. The first-order valence-corrected chi connectivity index (χ1v) is 10.6. The van der Waals surface area contributed by atoms with Crippen LogP contribution in [0.3, 0.4) is 0 Å². The summed E-state index contributed by atoms with van der Waals surface area (Å²) in [6.07, 6.45) is 0.00600. The second-order valence-corrected chi connectivity index (χ2v) is 7.79. The smallest absolute Gasteiger partial charge is 0.253 e. The molecule has 0 bridgehead atoms. The molecule has 2 amide bonds. The maximum atomic E-state index is 12.8. The molecule has 6 heteroatoms. The van der Waals surface area contributed by atoms with Crippen LogP contribution in [-0.2, 0) is 11.3 Å². The Kier molecular flexibility index (Phi) is 7.86. The van der Waals surface area contributed by atoms with Gasteiger partial charge in [0, 0.05) is 24.8 Å². The zero-order chi connectivity index (χ0) is 22.9. The topological polar surface area (TPSA) is 70.7 Å². The van der Waals surface area contributed by atoms with Gasteiger partial charge in [-0.2, -0.15) is 0 Å². The predicted octanol–water partition coefficient (Wildman–Crippen LogP) is 4.80. The van der Waals surface area contributed by atoms with Crippen molar-refractivity contribution in [3.63, 3.8) is 0 Å². The zero-order valence-corrected chi connectivity index (χ0v) is 18.7. The normalized spacial score (nSPS) is 10.5. The van der Waals surface area contributed by atoms with Crippen molar-refractivity contribution >= 4 is 23.2 Å². The Balaban J connectivity index is 1.58. The zero-order valence-electron chi connectivity index (χ0n) is 18.7. The SMILES string of the molecule is CC(C)Oc1ccccc1NC(=O)CNc1cccc(C(=O)N(C)Cc2ccccc2)c1. The van der Waals surface area contributed by atoms with Crippen LogP contribution in [-0.4, -0.2) is 36.4 Å². The molecule has 6 nitrogen and oxygen atoms in total. The molecule has 0 aliphatic heterocycles. The van der Waals surface area contributed by atoms with Crippen molar-refractivity contribution in [1.29, 1.82) is 0 Å². The Bertz CT molecular complexity index is 1050. The average Bonchev–Trinajstić information content (AvgIpc) is 2.79. The first kappa shape index (κ1) is 22.9. The summed E-state index contributed by atoms with van der Waals surface area (Å²) in [7, 11) is 1.78. The number of nitrogens with one attached hydrogen (secondary N) is 2. The van der Waals surface area contributed by atoms with Crippen molar-refractivity contribution < 1.29 is 14.3 Å². The van der Waals surface area contributed by atoms with Crippen LogP contribution in [0.1, 0.15) is 29.8 Å². The molecule has 0 aliphatic carbocycles. The van der Waals surface area contributed by atoms with E-state index >= 15 is 0 Å². The summed E-state index contributed by atoms with van der Waals surface area (Å²) in [4.78, 5) is 26.9. The summed E-state index contributed by atoms with van der Waals surface area (Å²) in [6.45, 7) is 4.46. The highest BCUT2D eigenvalue weighted by Gasteiger charge is 2.13. The molecule has 0 saturated heterocycles. The third-order valence-corrected chi connectivity index (χ3v) is 4.70. The van der Waals surface area contributed by atoms with Crippen LogP contribution in [0.5, 0.6) is 5.75 Å². The maximum Gasteiger partial charge on any atom is 0.253 e. The van der Waals surface area contributed by atoms with E-state index in [1.165, 1.54) is 0 Å². The number of carbonyl (C=O) groups is 2. The van der Waals surface area contributed by atoms with Crippen LogP contribution in [0, 0.1) is 0 Å². The lowest BCUT2D eigenvalue weighted by Crippen LogP contribution is -2.26. The summed E-state index contributed by atoms with van der Waals surface area (Å²) in [5, 5.41) is 5.95. The van der Waals surface area contributed by atoms with Crippen molar-refractivity contribution in [2.24, 2.45) is 0 Å². The molecule has 3 aromatic rings. The first-order valence-electron chi connectivity index (χ1n) is 10.6. The van der Waals surface area contributed by atoms with E-state index < -0.39 is 0 Å². The minimum Gasteiger partial charge on any atom is -0.489 e. The minimum atomic E-state index is -0.206. The second kappa shape index (κ2) is 11.0. The number of amides is 2. The third-order valence-electron chi connectivity index (χ3n) is 4.70. The Morgan fingerprint density at radius 3 is 2.41 bits per heavy atom. The number of hydrogen-bond acceptors (Lipinski definition) is 4. The summed E-state index contributed by atoms with van der Waals surface area (Å²) < 4.78 is 5.74. The summed E-state index contributed by atoms with van der Waals surface area (Å²) in [5.74, 6) is 0.342. The molecule has 0 unspecified atom stereocenters. The molecule has 32 heavy (non-hydrogen) atoms. The van der Waals surface area contributed by atoms with Crippen LogP contribution in [0.4, 0.5) is 11.4 Å². The summed E-state index contributed by atoms with van der Waals surface area (Å²) >= 11 is 0. The van der Waals surface area contributed by atoms with E-state index in [0.717, 1.165) is 5.56 Å². The molecule has 2 N–H and O–H groups in total. The molecular weight excluding hydrogens is 402 g/mol. The van der Waals surface area contributed by atoms with Gasteiger partial charge in [0.05, 0.1) is 18.3 Å². The number of ether oxygens (including phenoxy) is 1. The summed E-state index contributed by atoms with van der Waals surface area (Å²) in [6, 6.07) is 24.3. The molecule has 0 fully saturated rings. The van der Waals surface area contributed by atoms with Gasteiger partial charge in [-0.15, -0.1) is 0 Å². The van der Waals surface area contributed by atoms with Gasteiger partial charge in [0.15, 0.2) is 0 Å². The molecule has 0 spiro atoms. The predicted molar refractivity (Wildman–Crippen MR) is 128 cm³/mol. The largest absolute Gasteiger partial charge is 0.489 e. The molecule has 3 rings (SSSR count). The summed E-state index contributed by atoms with van der Waals surface area (Å²) in [5.41, 5.74) is 2.95. The van der Waals surface area contributed by atoms with Gasteiger partial charge in [-0.05, 0) is 49.7 Å². The monoisotopic (exact) mass is 431 g/mol. The number of rotatable bonds is 9. The molecule has 0 aromatic heterocycles. The fourth-order valence-corrected chi connectivity index (χ4v) is 3.22. The van der Waals surface area contributed by atoms with E-state index in [-0.39, 0.29) is 24.5 Å². The highest BCUT2D eigenvalue weighted by molar-refractivity contribution is 5.96. The Hall–Kier alpha value is -3.80. The molecular formula is C26H29N3O3. The van der Waals surface area contributed by atoms with Gasteiger partial charge in [0.25, 0.3) is 5.91 Å². The van der Waals surface area contributed by atoms with Crippen molar-refractivity contribution in [3.05, 3.63) is 90.0 Å². The second-order valence-electron chi connectivity index (χ2n) is 7.79. The van der Waals surface area contributed by atoms with E-state index in [1.807, 2.05) is 68.4 Å². The Labute approximate surface area is 189 Å². The van der Waals surface area contributed by atoms with E-state index in [4.69, 9.17) is 4.74 Å². The number of carbonyl (C=O) groups excluding carboxylic acids is 2. The third kappa shape index (κ3) is 6.60. The lowest BCUT2D eigenvalue weighted by molar-refractivity contribution is -0.114. The fraction of sp³-hybridized carbons (Fsp3) is 0.231. The van der Waals surface area contributed by atoms with Crippen molar-refractivity contribution in [3.8, 4) is 5.75 Å². The molecule has 0 atom stereocenters. The van der Waals surface area contributed by atoms with Gasteiger partial charge in [0.2, 0.25) is 5.91 Å². The Morgan fingerprint density at radius 1 is 0.938 bits per heavy atom. The van der Waals surface area contributed by atoms with Crippen LogP contribution in [0.25, 0.3) is 0 Å². The standard InChI is InChI=1S/C26H29N3O3/c1-19(2)32-24-15-8-7-14-23(24)28-25(30)17-27-22-13-9-12-21(16-22)26(31)29(3)18-20-10-5-4-6-11-20/h4-16,19,27H,17-18H2,1-3H3,(H,28,30). The molecule has 0 heterocycles. The lowest BCUT2D eigenvalue weighted by atomic mass is 10.1. The number of nitrogens with zero attached hydrogens (tertiary/aromatic N) is 1. The van der Waals surface area contributed by atoms with Crippen molar-refractivity contribution in [2.75, 3.05) is 24.2 Å². The van der Waals surface area contributed by atoms with Crippen LogP contribution in [0.2, 0.25) is 0 Å². The van der Waals surface area contributed by atoms with Crippen LogP contribution >= 0.6 is 0 Å². The average molecular weight is 432 g/mol. The fourth-order valence-electron chi connectivity index (χ4n) is 3.22. The first-order chi connectivity index (χ1) is 15.4. The molecule has 0 saturated carbocycles. The lowest BCUT2D eigenvalue weighted by Gasteiger charge is -2.18. The number of benzene rings is 3. The van der Waals surface area contributed by atoms with Gasteiger partial charge in [0.1, 0.15) is 5.75 Å². The molecule has 3 aromatic carbocycles. The van der Waals surface area contributed by atoms with Crippen molar-refractivity contribution in [2.45, 2.75) is 26.5 Å². The van der Waals surface area contributed by atoms with Crippen LogP contribution < -0.4 is 15.4 Å². The molecule has 0 aliphatic rings. The Morgan fingerprint density at radius 2 is 1.66 bits per heavy atom. The molecule has 0 radical (unpaired) electrons. The van der Waals surface area contributed by atoms with E-state index in [1.54, 1.807) is 36.2 Å². The van der Waals surface area contributed by atoms with Gasteiger partial charge in [-0.25, -0.2) is 0 Å². The van der Waals surface area contributed by atoms with Gasteiger partial charge >= 0.3 is 0 Å². The van der Waals surface area contributed by atoms with Gasteiger partial charge < -0.3 is 20.3 Å². The number of hydrogen-bond donors (Lipinski definition) is 2. The van der Waals surface area contributed by atoms with Crippen LogP contribution in [0.15, 0.2) is 78.9 Å². The molecule has 166 valence electrons. The highest BCUT2D eigenvalue weighted by Crippen LogP contribution is 2.24. The highest BCUT2D eigenvalue weighted by atomic mass is 16.5. The van der Waals surface area contributed by atoms with E-state index in [0.29, 0.717) is 29.2 Å². The number of anilines is 2. The minimum absolute atomic E-state index is 0.00600. The van der Waals surface area contributed by atoms with E-state index in [2.05, 4.69) is 10.6 Å². The van der Waals surface area contributed by atoms with Crippen molar-refractivity contribution in [1.82, 2.24) is 4.90 Å². The van der Waals surface area contributed by atoms with Gasteiger partial charge in [-0.3, -0.25) is 9.59 Å².